The van der Waals surface area contributed by atoms with Gasteiger partial charge in [-0.3, -0.25) is 4.79 Å². The quantitative estimate of drug-likeness (QED) is 0.632. The Bertz CT molecular complexity index is 944. The highest BCUT2D eigenvalue weighted by Crippen LogP contribution is 2.19. The van der Waals surface area contributed by atoms with E-state index >= 15 is 0 Å². The molecular weight excluding hydrogens is 340 g/mol. The molecule has 2 N–H and O–H groups in total. The van der Waals surface area contributed by atoms with E-state index in [1.165, 1.54) is 6.92 Å². The van der Waals surface area contributed by atoms with Crippen molar-refractivity contribution in [2.24, 2.45) is 0 Å². The monoisotopic (exact) mass is 362 g/mol. The van der Waals surface area contributed by atoms with E-state index in [2.05, 4.69) is 10.3 Å². The van der Waals surface area contributed by atoms with Crippen molar-refractivity contribution in [3.8, 4) is 0 Å². The van der Waals surface area contributed by atoms with Crippen LogP contribution in [0, 0.1) is 0 Å². The molecule has 0 spiro atoms. The number of esters is 1. The van der Waals surface area contributed by atoms with Crippen LogP contribution < -0.4 is 5.32 Å². The van der Waals surface area contributed by atoms with Crippen LogP contribution in [0.25, 0.3) is 17.0 Å². The maximum absolute atomic E-state index is 12.5. The number of hydrogen-bond donors (Lipinski definition) is 2. The van der Waals surface area contributed by atoms with Crippen LogP contribution in [0.4, 0.5) is 0 Å². The summed E-state index contributed by atoms with van der Waals surface area (Å²) in [5.74, 6) is -0.718. The van der Waals surface area contributed by atoms with Crippen molar-refractivity contribution in [3.63, 3.8) is 0 Å². The number of aromatic amines is 1. The molecule has 3 rings (SSSR count). The number of fused-ring (bicyclic) bond motifs is 1. The molecule has 1 amide bonds. The minimum absolute atomic E-state index is 0.150. The summed E-state index contributed by atoms with van der Waals surface area (Å²) in [6.07, 6.45) is 5.90. The molecule has 0 radical (unpaired) electrons. The zero-order valence-corrected chi connectivity index (χ0v) is 15.1. The van der Waals surface area contributed by atoms with Crippen molar-refractivity contribution < 1.29 is 14.3 Å². The minimum Gasteiger partial charge on any atom is -0.460 e. The Morgan fingerprint density at radius 2 is 1.85 bits per heavy atom. The normalized spacial score (nSPS) is 12.2. The van der Waals surface area contributed by atoms with Crippen LogP contribution in [0.5, 0.6) is 0 Å². The SMILES string of the molecule is CC(=O)NC(Cc1c[nH]c2ccccc12)C(=O)OCC=Cc1ccccc1. The Labute approximate surface area is 158 Å². The number of nitrogens with one attached hydrogen (secondary N) is 2. The van der Waals surface area contributed by atoms with Crippen molar-refractivity contribution >= 4 is 28.9 Å². The molecule has 0 aliphatic carbocycles. The number of aromatic nitrogens is 1. The highest BCUT2D eigenvalue weighted by atomic mass is 16.5. The largest absolute Gasteiger partial charge is 0.460 e. The minimum atomic E-state index is -0.730. The van der Waals surface area contributed by atoms with Gasteiger partial charge >= 0.3 is 5.97 Å². The topological polar surface area (TPSA) is 71.2 Å². The molecular formula is C22H22N2O3. The van der Waals surface area contributed by atoms with E-state index in [-0.39, 0.29) is 12.5 Å². The summed E-state index contributed by atoms with van der Waals surface area (Å²) in [5.41, 5.74) is 2.99. The number of carbonyl (C=O) groups is 2. The lowest BCUT2D eigenvalue weighted by atomic mass is 10.0. The van der Waals surface area contributed by atoms with Crippen molar-refractivity contribution in [2.75, 3.05) is 6.61 Å². The molecule has 5 heteroatoms. The smallest absolute Gasteiger partial charge is 0.329 e. The second-order valence-corrected chi connectivity index (χ2v) is 6.26. The lowest BCUT2D eigenvalue weighted by Gasteiger charge is -2.16. The maximum Gasteiger partial charge on any atom is 0.329 e. The third kappa shape index (κ3) is 5.07. The number of ether oxygens (including phenoxy) is 1. The first-order valence-corrected chi connectivity index (χ1v) is 8.84. The molecule has 138 valence electrons. The molecule has 0 aliphatic heterocycles. The van der Waals surface area contributed by atoms with Crippen molar-refractivity contribution in [1.29, 1.82) is 0 Å². The van der Waals surface area contributed by atoms with E-state index in [4.69, 9.17) is 4.74 Å². The number of amides is 1. The second-order valence-electron chi connectivity index (χ2n) is 6.26. The number of benzene rings is 2. The number of rotatable bonds is 7. The average molecular weight is 362 g/mol. The second kappa shape index (κ2) is 8.85. The highest BCUT2D eigenvalue weighted by molar-refractivity contribution is 5.86. The van der Waals surface area contributed by atoms with Gasteiger partial charge in [-0.05, 0) is 23.3 Å². The molecule has 1 unspecified atom stereocenters. The predicted molar refractivity (Wildman–Crippen MR) is 106 cm³/mol. The number of H-pyrrole nitrogens is 1. The molecule has 1 atom stereocenters. The van der Waals surface area contributed by atoms with Gasteiger partial charge in [0.2, 0.25) is 5.91 Å². The number of para-hydroxylation sites is 1. The summed E-state index contributed by atoms with van der Waals surface area (Å²) in [6.45, 7) is 1.54. The van der Waals surface area contributed by atoms with E-state index in [0.717, 1.165) is 22.0 Å². The van der Waals surface area contributed by atoms with Gasteiger partial charge in [-0.1, -0.05) is 54.6 Å². The van der Waals surface area contributed by atoms with Crippen LogP contribution in [0.2, 0.25) is 0 Å². The first-order chi connectivity index (χ1) is 13.1. The van der Waals surface area contributed by atoms with Crippen LogP contribution in [0.1, 0.15) is 18.1 Å². The van der Waals surface area contributed by atoms with Crippen molar-refractivity contribution in [3.05, 3.63) is 78.0 Å². The van der Waals surface area contributed by atoms with E-state index in [1.54, 1.807) is 6.08 Å². The summed E-state index contributed by atoms with van der Waals surface area (Å²) in [4.78, 5) is 27.2. The van der Waals surface area contributed by atoms with Crippen LogP contribution in [0.15, 0.2) is 66.9 Å². The van der Waals surface area contributed by atoms with Gasteiger partial charge in [0, 0.05) is 30.4 Å². The highest BCUT2D eigenvalue weighted by Gasteiger charge is 2.22. The average Bonchev–Trinajstić information content (AvgIpc) is 3.08. The fraction of sp³-hybridized carbons (Fsp3) is 0.182. The number of carbonyl (C=O) groups excluding carboxylic acids is 2. The van der Waals surface area contributed by atoms with Gasteiger partial charge < -0.3 is 15.0 Å². The molecule has 0 fully saturated rings. The Morgan fingerprint density at radius 3 is 2.63 bits per heavy atom. The first kappa shape index (κ1) is 18.5. The predicted octanol–water partition coefficient (Wildman–Crippen LogP) is 3.47. The third-order valence-electron chi connectivity index (χ3n) is 4.19. The van der Waals surface area contributed by atoms with Crippen LogP contribution in [-0.2, 0) is 20.7 Å². The zero-order chi connectivity index (χ0) is 19.1. The zero-order valence-electron chi connectivity index (χ0n) is 15.1. The fourth-order valence-corrected chi connectivity index (χ4v) is 2.94. The van der Waals surface area contributed by atoms with Gasteiger partial charge in [-0.2, -0.15) is 0 Å². The van der Waals surface area contributed by atoms with Gasteiger partial charge in [0.15, 0.2) is 0 Å². The summed E-state index contributed by atoms with van der Waals surface area (Å²) in [6, 6.07) is 16.9. The van der Waals surface area contributed by atoms with E-state index in [0.29, 0.717) is 6.42 Å². The first-order valence-electron chi connectivity index (χ1n) is 8.84. The Hall–Kier alpha value is -3.34. The van der Waals surface area contributed by atoms with Crippen molar-refractivity contribution in [1.82, 2.24) is 10.3 Å². The molecule has 27 heavy (non-hydrogen) atoms. The van der Waals surface area contributed by atoms with Crippen LogP contribution in [-0.4, -0.2) is 29.5 Å². The third-order valence-corrected chi connectivity index (χ3v) is 4.19. The Kier molecular flexibility index (Phi) is 6.05. The molecule has 0 aliphatic rings. The van der Waals surface area contributed by atoms with Gasteiger partial charge in [-0.25, -0.2) is 4.79 Å². The van der Waals surface area contributed by atoms with Gasteiger partial charge in [-0.15, -0.1) is 0 Å². The van der Waals surface area contributed by atoms with Crippen LogP contribution in [0.3, 0.4) is 0 Å². The lowest BCUT2D eigenvalue weighted by Crippen LogP contribution is -2.42. The van der Waals surface area contributed by atoms with E-state index in [1.807, 2.05) is 66.9 Å². The molecule has 2 aromatic carbocycles. The molecule has 0 saturated carbocycles. The summed E-state index contributed by atoms with van der Waals surface area (Å²) in [5, 5.41) is 3.72. The van der Waals surface area contributed by atoms with E-state index < -0.39 is 12.0 Å². The van der Waals surface area contributed by atoms with Gasteiger partial charge in [0.25, 0.3) is 0 Å². The Morgan fingerprint density at radius 1 is 1.11 bits per heavy atom. The van der Waals surface area contributed by atoms with Crippen LogP contribution >= 0.6 is 0 Å². The van der Waals surface area contributed by atoms with Crippen molar-refractivity contribution in [2.45, 2.75) is 19.4 Å². The van der Waals surface area contributed by atoms with Gasteiger partial charge in [0.05, 0.1) is 0 Å². The Balaban J connectivity index is 1.64. The molecule has 3 aromatic rings. The summed E-state index contributed by atoms with van der Waals surface area (Å²) >= 11 is 0. The lowest BCUT2D eigenvalue weighted by molar-refractivity contribution is -0.146. The van der Waals surface area contributed by atoms with E-state index in [9.17, 15) is 9.59 Å². The number of hydrogen-bond acceptors (Lipinski definition) is 3. The molecule has 1 heterocycles. The molecule has 0 bridgehead atoms. The molecule has 1 aromatic heterocycles. The summed E-state index contributed by atoms with van der Waals surface area (Å²) < 4.78 is 5.34. The molecule has 5 nitrogen and oxygen atoms in total. The maximum atomic E-state index is 12.5. The standard InChI is InChI=1S/C22H22N2O3/c1-16(25)24-21(14-18-15-23-20-12-6-5-11-19(18)20)22(26)27-13-7-10-17-8-3-2-4-9-17/h2-12,15,21,23H,13-14H2,1H3,(H,24,25). The van der Waals surface area contributed by atoms with Gasteiger partial charge in [0.1, 0.15) is 12.6 Å². The molecule has 0 saturated heterocycles. The fourth-order valence-electron chi connectivity index (χ4n) is 2.94. The summed E-state index contributed by atoms with van der Waals surface area (Å²) in [7, 11) is 0.